The predicted octanol–water partition coefficient (Wildman–Crippen LogP) is 1.26. The van der Waals surface area contributed by atoms with Crippen LogP contribution in [0.15, 0.2) is 0 Å². The fraction of sp³-hybridized carbons (Fsp3) is 0.917. The fourth-order valence-electron chi connectivity index (χ4n) is 1.18. The van der Waals surface area contributed by atoms with Crippen molar-refractivity contribution in [2.75, 3.05) is 33.3 Å². The Morgan fingerprint density at radius 3 is 2.62 bits per heavy atom. The predicted molar refractivity (Wildman–Crippen MR) is 66.5 cm³/mol. The van der Waals surface area contributed by atoms with E-state index in [9.17, 15) is 4.79 Å². The van der Waals surface area contributed by atoms with E-state index in [0.717, 1.165) is 32.5 Å². The van der Waals surface area contributed by atoms with Gasteiger partial charge in [-0.05, 0) is 40.2 Å². The van der Waals surface area contributed by atoms with Crippen molar-refractivity contribution in [2.45, 2.75) is 39.7 Å². The van der Waals surface area contributed by atoms with Gasteiger partial charge >= 0.3 is 0 Å². The number of nitrogens with one attached hydrogen (secondary N) is 1. The number of ether oxygens (including phenoxy) is 1. The summed E-state index contributed by atoms with van der Waals surface area (Å²) in [6, 6.07) is 0. The second-order valence-corrected chi connectivity index (χ2v) is 4.21. The van der Waals surface area contributed by atoms with Gasteiger partial charge in [0, 0.05) is 20.2 Å². The van der Waals surface area contributed by atoms with Gasteiger partial charge in [-0.25, -0.2) is 0 Å². The number of nitrogens with zero attached hydrogens (tertiary/aromatic N) is 1. The first-order valence-electron chi connectivity index (χ1n) is 6.14. The number of likely N-dealkylation sites (N-methyl/N-ethyl adjacent to an activating group) is 1. The molecule has 0 atom stereocenters. The molecule has 0 fully saturated rings. The lowest BCUT2D eigenvalue weighted by Gasteiger charge is -2.14. The van der Waals surface area contributed by atoms with E-state index >= 15 is 0 Å². The highest BCUT2D eigenvalue weighted by atomic mass is 16.5. The van der Waals surface area contributed by atoms with Crippen molar-refractivity contribution in [3.8, 4) is 0 Å². The standard InChI is InChI=1S/C12H26N2O2/c1-5-14(4)12(15)10-13-8-6-7-9-16-11(2)3/h11,13H,5-10H2,1-4H3. The number of unbranched alkanes of at least 4 members (excludes halogenated alkanes) is 1. The third-order valence-corrected chi connectivity index (χ3v) is 2.38. The van der Waals surface area contributed by atoms with E-state index in [1.165, 1.54) is 0 Å². The molecule has 0 radical (unpaired) electrons. The van der Waals surface area contributed by atoms with Crippen LogP contribution in [0.25, 0.3) is 0 Å². The van der Waals surface area contributed by atoms with Crippen LogP contribution >= 0.6 is 0 Å². The van der Waals surface area contributed by atoms with Crippen molar-refractivity contribution >= 4 is 5.91 Å². The molecule has 0 aliphatic rings. The molecule has 4 nitrogen and oxygen atoms in total. The third kappa shape index (κ3) is 8.68. The molecule has 4 heteroatoms. The summed E-state index contributed by atoms with van der Waals surface area (Å²) in [4.78, 5) is 13.1. The maximum absolute atomic E-state index is 11.4. The number of carbonyl (C=O) groups is 1. The molecule has 0 aromatic rings. The Balaban J connectivity index is 3.24. The summed E-state index contributed by atoms with van der Waals surface area (Å²) in [5, 5.41) is 3.14. The number of hydrogen-bond acceptors (Lipinski definition) is 3. The molecular weight excluding hydrogens is 204 g/mol. The summed E-state index contributed by atoms with van der Waals surface area (Å²) < 4.78 is 5.42. The maximum Gasteiger partial charge on any atom is 0.236 e. The zero-order chi connectivity index (χ0) is 12.4. The third-order valence-electron chi connectivity index (χ3n) is 2.38. The summed E-state index contributed by atoms with van der Waals surface area (Å²) in [7, 11) is 1.82. The SMILES string of the molecule is CCN(C)C(=O)CNCCCCOC(C)C. The van der Waals surface area contributed by atoms with Crippen molar-refractivity contribution in [1.29, 1.82) is 0 Å². The summed E-state index contributed by atoms with van der Waals surface area (Å²) in [6.07, 6.45) is 2.41. The Morgan fingerprint density at radius 2 is 2.06 bits per heavy atom. The molecule has 0 aliphatic carbocycles. The van der Waals surface area contributed by atoms with Crippen LogP contribution in [0.2, 0.25) is 0 Å². The molecular formula is C12H26N2O2. The molecule has 96 valence electrons. The summed E-state index contributed by atoms with van der Waals surface area (Å²) >= 11 is 0. The molecule has 1 amide bonds. The van der Waals surface area contributed by atoms with Crippen LogP contribution in [-0.2, 0) is 9.53 Å². The summed E-state index contributed by atoms with van der Waals surface area (Å²) in [5.41, 5.74) is 0. The Labute approximate surface area is 99.3 Å². The highest BCUT2D eigenvalue weighted by Gasteiger charge is 2.04. The second kappa shape index (κ2) is 9.60. The zero-order valence-corrected chi connectivity index (χ0v) is 11.1. The number of hydrogen-bond donors (Lipinski definition) is 1. The van der Waals surface area contributed by atoms with E-state index in [-0.39, 0.29) is 5.91 Å². The van der Waals surface area contributed by atoms with Gasteiger partial charge in [0.05, 0.1) is 12.6 Å². The van der Waals surface area contributed by atoms with E-state index < -0.39 is 0 Å². The van der Waals surface area contributed by atoms with Crippen LogP contribution in [0.5, 0.6) is 0 Å². The normalized spacial score (nSPS) is 10.8. The highest BCUT2D eigenvalue weighted by Crippen LogP contribution is 1.93. The maximum atomic E-state index is 11.4. The molecule has 16 heavy (non-hydrogen) atoms. The second-order valence-electron chi connectivity index (χ2n) is 4.21. The fourth-order valence-corrected chi connectivity index (χ4v) is 1.18. The van der Waals surface area contributed by atoms with E-state index in [1.807, 2.05) is 27.8 Å². The van der Waals surface area contributed by atoms with Gasteiger partial charge in [-0.2, -0.15) is 0 Å². The number of amides is 1. The Hall–Kier alpha value is -0.610. The van der Waals surface area contributed by atoms with Gasteiger partial charge in [-0.3, -0.25) is 4.79 Å². The van der Waals surface area contributed by atoms with Gasteiger partial charge in [0.15, 0.2) is 0 Å². The minimum atomic E-state index is 0.154. The molecule has 0 heterocycles. The van der Waals surface area contributed by atoms with Gasteiger partial charge in [-0.15, -0.1) is 0 Å². The van der Waals surface area contributed by atoms with Gasteiger partial charge in [0.2, 0.25) is 5.91 Å². The van der Waals surface area contributed by atoms with E-state index in [2.05, 4.69) is 5.32 Å². The van der Waals surface area contributed by atoms with Gasteiger partial charge < -0.3 is 15.0 Å². The lowest BCUT2D eigenvalue weighted by molar-refractivity contribution is -0.128. The highest BCUT2D eigenvalue weighted by molar-refractivity contribution is 5.77. The Bertz CT molecular complexity index is 184. The summed E-state index contributed by atoms with van der Waals surface area (Å²) in [5.74, 6) is 0.154. The molecule has 0 unspecified atom stereocenters. The monoisotopic (exact) mass is 230 g/mol. The van der Waals surface area contributed by atoms with E-state index in [1.54, 1.807) is 4.90 Å². The smallest absolute Gasteiger partial charge is 0.236 e. The largest absolute Gasteiger partial charge is 0.379 e. The van der Waals surface area contributed by atoms with Crippen LogP contribution in [0.1, 0.15) is 33.6 Å². The Morgan fingerprint density at radius 1 is 1.38 bits per heavy atom. The van der Waals surface area contributed by atoms with Crippen molar-refractivity contribution in [2.24, 2.45) is 0 Å². The molecule has 0 saturated carbocycles. The van der Waals surface area contributed by atoms with Crippen molar-refractivity contribution in [3.05, 3.63) is 0 Å². The molecule has 0 aliphatic heterocycles. The van der Waals surface area contributed by atoms with Crippen LogP contribution in [0, 0.1) is 0 Å². The number of carbonyl (C=O) groups excluding carboxylic acids is 1. The van der Waals surface area contributed by atoms with Crippen molar-refractivity contribution in [1.82, 2.24) is 10.2 Å². The zero-order valence-electron chi connectivity index (χ0n) is 11.1. The first-order valence-corrected chi connectivity index (χ1v) is 6.14. The average Bonchev–Trinajstić information content (AvgIpc) is 2.25. The lowest BCUT2D eigenvalue weighted by Crippen LogP contribution is -2.35. The van der Waals surface area contributed by atoms with Gasteiger partial charge in [0.1, 0.15) is 0 Å². The minimum absolute atomic E-state index is 0.154. The minimum Gasteiger partial charge on any atom is -0.379 e. The molecule has 0 rings (SSSR count). The molecule has 1 N–H and O–H groups in total. The van der Waals surface area contributed by atoms with Crippen molar-refractivity contribution < 1.29 is 9.53 Å². The van der Waals surface area contributed by atoms with Crippen LogP contribution < -0.4 is 5.32 Å². The Kier molecular flexibility index (Phi) is 9.24. The van der Waals surface area contributed by atoms with Crippen LogP contribution in [0.3, 0.4) is 0 Å². The quantitative estimate of drug-likeness (QED) is 0.606. The first-order chi connectivity index (χ1) is 7.57. The van der Waals surface area contributed by atoms with Crippen LogP contribution in [-0.4, -0.2) is 50.2 Å². The topological polar surface area (TPSA) is 41.6 Å². The summed E-state index contributed by atoms with van der Waals surface area (Å²) in [6.45, 7) is 8.95. The first kappa shape index (κ1) is 15.4. The van der Waals surface area contributed by atoms with E-state index in [4.69, 9.17) is 4.74 Å². The number of rotatable bonds is 9. The average molecular weight is 230 g/mol. The lowest BCUT2D eigenvalue weighted by atomic mass is 10.3. The van der Waals surface area contributed by atoms with Crippen molar-refractivity contribution in [3.63, 3.8) is 0 Å². The van der Waals surface area contributed by atoms with E-state index in [0.29, 0.717) is 12.6 Å². The molecule has 0 aromatic heterocycles. The molecule has 0 aromatic carbocycles. The van der Waals surface area contributed by atoms with Crippen LogP contribution in [0.4, 0.5) is 0 Å². The van der Waals surface area contributed by atoms with Gasteiger partial charge in [0.25, 0.3) is 0 Å². The molecule has 0 spiro atoms. The molecule has 0 bridgehead atoms. The van der Waals surface area contributed by atoms with Gasteiger partial charge in [-0.1, -0.05) is 0 Å². The molecule has 0 saturated heterocycles.